The van der Waals surface area contributed by atoms with E-state index in [1.54, 1.807) is 18.2 Å². The van der Waals surface area contributed by atoms with Crippen LogP contribution >= 0.6 is 0 Å². The number of aromatic nitrogens is 2. The van der Waals surface area contributed by atoms with Gasteiger partial charge < -0.3 is 0 Å². The predicted octanol–water partition coefficient (Wildman–Crippen LogP) is 2.57. The molecule has 2 aromatic rings. The Morgan fingerprint density at radius 1 is 1.38 bits per heavy atom. The third-order valence-electron chi connectivity index (χ3n) is 3.93. The van der Waals surface area contributed by atoms with Crippen LogP contribution in [0.1, 0.15) is 42.0 Å². The first-order chi connectivity index (χ1) is 10.2. The number of halogens is 1. The van der Waals surface area contributed by atoms with Gasteiger partial charge >= 0.3 is 0 Å². The predicted molar refractivity (Wildman–Crippen MR) is 75.3 cm³/mol. The number of nitrogens with zero attached hydrogens (tertiary/aromatic N) is 3. The van der Waals surface area contributed by atoms with Crippen molar-refractivity contribution in [3.63, 3.8) is 0 Å². The van der Waals surface area contributed by atoms with E-state index in [1.165, 1.54) is 29.4 Å². The van der Waals surface area contributed by atoms with Gasteiger partial charge in [0.2, 0.25) is 0 Å². The summed E-state index contributed by atoms with van der Waals surface area (Å²) in [5, 5.41) is 8.82. The van der Waals surface area contributed by atoms with Crippen LogP contribution in [-0.4, -0.2) is 9.55 Å². The molecule has 1 aliphatic carbocycles. The van der Waals surface area contributed by atoms with Crippen molar-refractivity contribution in [2.45, 2.75) is 31.7 Å². The van der Waals surface area contributed by atoms with Crippen molar-refractivity contribution in [3.8, 4) is 6.07 Å². The van der Waals surface area contributed by atoms with Gasteiger partial charge in [0.25, 0.3) is 5.56 Å². The van der Waals surface area contributed by atoms with E-state index in [4.69, 9.17) is 5.26 Å². The van der Waals surface area contributed by atoms with Crippen LogP contribution < -0.4 is 5.56 Å². The van der Waals surface area contributed by atoms with Gasteiger partial charge in [-0.2, -0.15) is 5.26 Å². The Kier molecular flexibility index (Phi) is 3.53. The standard InChI is InChI=1S/C16H14FN3O/c17-14-5-4-11(6-13(14)8-18)9-20-10-19-15(7-16(20)21)12-2-1-3-12/h4-7,10,12H,1-3,9H2. The van der Waals surface area contributed by atoms with E-state index in [-0.39, 0.29) is 17.7 Å². The number of hydrogen-bond donors (Lipinski definition) is 0. The Hall–Kier alpha value is -2.48. The molecule has 3 rings (SSSR count). The van der Waals surface area contributed by atoms with Gasteiger partial charge in [-0.05, 0) is 30.5 Å². The van der Waals surface area contributed by atoms with Crippen molar-refractivity contribution >= 4 is 0 Å². The summed E-state index contributed by atoms with van der Waals surface area (Å²) in [7, 11) is 0. The summed E-state index contributed by atoms with van der Waals surface area (Å²) in [6, 6.07) is 7.66. The minimum absolute atomic E-state index is 0.0143. The lowest BCUT2D eigenvalue weighted by Gasteiger charge is -2.24. The molecule has 0 radical (unpaired) electrons. The molecule has 0 bridgehead atoms. The fourth-order valence-corrected chi connectivity index (χ4v) is 2.44. The average molecular weight is 283 g/mol. The molecule has 0 unspecified atom stereocenters. The fourth-order valence-electron chi connectivity index (χ4n) is 2.44. The normalized spacial score (nSPS) is 14.5. The van der Waals surface area contributed by atoms with E-state index in [0.29, 0.717) is 11.5 Å². The molecule has 0 saturated heterocycles. The first-order valence-electron chi connectivity index (χ1n) is 6.92. The van der Waals surface area contributed by atoms with Crippen LogP contribution in [0.2, 0.25) is 0 Å². The smallest absolute Gasteiger partial charge is 0.253 e. The minimum atomic E-state index is -0.549. The Morgan fingerprint density at radius 3 is 2.81 bits per heavy atom. The fraction of sp³-hybridized carbons (Fsp3) is 0.312. The van der Waals surface area contributed by atoms with Crippen LogP contribution in [-0.2, 0) is 6.54 Å². The van der Waals surface area contributed by atoms with Crippen molar-refractivity contribution in [2.75, 3.05) is 0 Å². The van der Waals surface area contributed by atoms with Crippen LogP contribution in [0.25, 0.3) is 0 Å². The van der Waals surface area contributed by atoms with Crippen LogP contribution in [0.5, 0.6) is 0 Å². The maximum absolute atomic E-state index is 13.3. The zero-order valence-corrected chi connectivity index (χ0v) is 11.4. The van der Waals surface area contributed by atoms with Gasteiger partial charge in [-0.15, -0.1) is 0 Å². The number of benzene rings is 1. The minimum Gasteiger partial charge on any atom is -0.295 e. The number of rotatable bonds is 3. The summed E-state index contributed by atoms with van der Waals surface area (Å²) in [4.78, 5) is 16.4. The lowest BCUT2D eigenvalue weighted by molar-refractivity contribution is 0.409. The van der Waals surface area contributed by atoms with Crippen molar-refractivity contribution in [2.24, 2.45) is 0 Å². The van der Waals surface area contributed by atoms with Crippen molar-refractivity contribution in [3.05, 3.63) is 63.6 Å². The second-order valence-electron chi connectivity index (χ2n) is 5.33. The third-order valence-corrected chi connectivity index (χ3v) is 3.93. The van der Waals surface area contributed by atoms with Crippen LogP contribution in [0.4, 0.5) is 4.39 Å². The van der Waals surface area contributed by atoms with Gasteiger partial charge in [0.1, 0.15) is 11.9 Å². The molecule has 106 valence electrons. The zero-order chi connectivity index (χ0) is 14.8. The Bertz CT molecular complexity index is 772. The second-order valence-corrected chi connectivity index (χ2v) is 5.33. The first-order valence-corrected chi connectivity index (χ1v) is 6.92. The maximum atomic E-state index is 13.3. The quantitative estimate of drug-likeness (QED) is 0.869. The SMILES string of the molecule is N#Cc1cc(Cn2cnc(C3CCC3)cc2=O)ccc1F. The van der Waals surface area contributed by atoms with Crippen molar-refractivity contribution in [1.29, 1.82) is 5.26 Å². The summed E-state index contributed by atoms with van der Waals surface area (Å²) < 4.78 is 14.7. The average Bonchev–Trinajstić information content (AvgIpc) is 2.42. The summed E-state index contributed by atoms with van der Waals surface area (Å²) in [6.07, 6.45) is 4.92. The van der Waals surface area contributed by atoms with Gasteiger partial charge in [0, 0.05) is 12.0 Å². The monoisotopic (exact) mass is 283 g/mol. The zero-order valence-electron chi connectivity index (χ0n) is 11.4. The highest BCUT2D eigenvalue weighted by Gasteiger charge is 2.21. The maximum Gasteiger partial charge on any atom is 0.253 e. The highest BCUT2D eigenvalue weighted by Crippen LogP contribution is 2.34. The second kappa shape index (κ2) is 5.49. The van der Waals surface area contributed by atoms with E-state index < -0.39 is 5.82 Å². The van der Waals surface area contributed by atoms with E-state index >= 15 is 0 Å². The van der Waals surface area contributed by atoms with Gasteiger partial charge in [0.05, 0.1) is 24.1 Å². The molecule has 0 amide bonds. The summed E-state index contributed by atoms with van der Waals surface area (Å²) in [6.45, 7) is 0.283. The molecule has 4 nitrogen and oxygen atoms in total. The Balaban J connectivity index is 1.85. The van der Waals surface area contributed by atoms with Gasteiger partial charge in [-0.1, -0.05) is 12.5 Å². The molecule has 5 heteroatoms. The van der Waals surface area contributed by atoms with Gasteiger partial charge in [-0.3, -0.25) is 9.36 Å². The van der Waals surface area contributed by atoms with Crippen LogP contribution in [0.3, 0.4) is 0 Å². The molecule has 1 aliphatic rings. The molecule has 21 heavy (non-hydrogen) atoms. The lowest BCUT2D eigenvalue weighted by atomic mass is 9.83. The molecule has 0 aliphatic heterocycles. The van der Waals surface area contributed by atoms with Crippen LogP contribution in [0, 0.1) is 17.1 Å². The molecule has 1 saturated carbocycles. The third kappa shape index (κ3) is 2.70. The Labute approximate surface area is 121 Å². The van der Waals surface area contributed by atoms with Crippen LogP contribution in [0.15, 0.2) is 35.4 Å². The molecule has 0 spiro atoms. The van der Waals surface area contributed by atoms with E-state index in [1.807, 2.05) is 0 Å². The summed E-state index contributed by atoms with van der Waals surface area (Å²) in [5.74, 6) is -0.129. The summed E-state index contributed by atoms with van der Waals surface area (Å²) >= 11 is 0. The molecule has 0 atom stereocenters. The number of hydrogen-bond acceptors (Lipinski definition) is 3. The molecule has 1 heterocycles. The molecule has 0 N–H and O–H groups in total. The van der Waals surface area contributed by atoms with E-state index in [0.717, 1.165) is 18.5 Å². The lowest BCUT2D eigenvalue weighted by Crippen LogP contribution is -2.23. The number of nitriles is 1. The molecule has 1 aromatic carbocycles. The summed E-state index contributed by atoms with van der Waals surface area (Å²) in [5.41, 5.74) is 1.43. The van der Waals surface area contributed by atoms with Gasteiger partial charge in [0.15, 0.2) is 0 Å². The van der Waals surface area contributed by atoms with E-state index in [2.05, 4.69) is 4.98 Å². The largest absolute Gasteiger partial charge is 0.295 e. The molecular weight excluding hydrogens is 269 g/mol. The Morgan fingerprint density at radius 2 is 2.19 bits per heavy atom. The molecule has 1 aromatic heterocycles. The highest BCUT2D eigenvalue weighted by atomic mass is 19.1. The molecule has 1 fully saturated rings. The first kappa shape index (κ1) is 13.5. The van der Waals surface area contributed by atoms with E-state index in [9.17, 15) is 9.18 Å². The topological polar surface area (TPSA) is 58.7 Å². The van der Waals surface area contributed by atoms with Crippen molar-refractivity contribution < 1.29 is 4.39 Å². The van der Waals surface area contributed by atoms with Gasteiger partial charge in [-0.25, -0.2) is 9.37 Å². The molecular formula is C16H14FN3O. The highest BCUT2D eigenvalue weighted by molar-refractivity contribution is 5.34. The van der Waals surface area contributed by atoms with Crippen molar-refractivity contribution in [1.82, 2.24) is 9.55 Å².